The number of fused-ring (bicyclic) bond motifs is 1. The zero-order valence-electron chi connectivity index (χ0n) is 13.1. The molecule has 0 bridgehead atoms. The van der Waals surface area contributed by atoms with Crippen LogP contribution in [-0.4, -0.2) is 45.2 Å². The van der Waals surface area contributed by atoms with E-state index in [9.17, 15) is 4.79 Å². The number of rotatable bonds is 6. The van der Waals surface area contributed by atoms with Crippen LogP contribution in [0.4, 0.5) is 0 Å². The van der Waals surface area contributed by atoms with Gasteiger partial charge in [0, 0.05) is 25.6 Å². The monoisotopic (exact) mass is 331 g/mol. The van der Waals surface area contributed by atoms with E-state index >= 15 is 0 Å². The zero-order valence-corrected chi connectivity index (χ0v) is 13.9. The Bertz CT molecular complexity index is 677. The molecule has 2 aromatic heterocycles. The Morgan fingerprint density at radius 2 is 2.26 bits per heavy atom. The number of amides is 1. The van der Waals surface area contributed by atoms with Gasteiger partial charge in [-0.25, -0.2) is 0 Å². The largest absolute Gasteiger partial charge is 0.355 e. The van der Waals surface area contributed by atoms with Gasteiger partial charge in [-0.3, -0.25) is 9.69 Å². The van der Waals surface area contributed by atoms with Gasteiger partial charge in [-0.15, -0.1) is 10.2 Å². The third-order valence-electron chi connectivity index (χ3n) is 4.49. The van der Waals surface area contributed by atoms with Crippen LogP contribution in [0.25, 0.3) is 0 Å². The summed E-state index contributed by atoms with van der Waals surface area (Å²) in [7, 11) is 0. The average Bonchev–Trinajstić information content (AvgIpc) is 3.09. The lowest BCUT2D eigenvalue weighted by Gasteiger charge is -2.27. The van der Waals surface area contributed by atoms with Crippen LogP contribution in [0.3, 0.4) is 0 Å². The molecule has 0 radical (unpaired) electrons. The quantitative estimate of drug-likeness (QED) is 0.869. The lowest BCUT2D eigenvalue weighted by atomic mass is 10.2. The summed E-state index contributed by atoms with van der Waals surface area (Å²) in [5.74, 6) is 2.88. The number of thiophene rings is 1. The maximum atomic E-state index is 12.1. The first-order valence-electron chi connectivity index (χ1n) is 8.21. The topological polar surface area (TPSA) is 63.1 Å². The summed E-state index contributed by atoms with van der Waals surface area (Å²) < 4.78 is 2.25. The summed E-state index contributed by atoms with van der Waals surface area (Å²) in [5.41, 5.74) is 1.29. The fourth-order valence-electron chi connectivity index (χ4n) is 3.05. The molecule has 23 heavy (non-hydrogen) atoms. The summed E-state index contributed by atoms with van der Waals surface area (Å²) in [5, 5.41) is 15.8. The molecule has 1 saturated carbocycles. The number of carbonyl (C=O) groups is 1. The molecule has 2 aliphatic rings. The molecule has 0 saturated heterocycles. The van der Waals surface area contributed by atoms with Crippen LogP contribution < -0.4 is 5.32 Å². The van der Waals surface area contributed by atoms with Crippen molar-refractivity contribution in [2.75, 3.05) is 19.6 Å². The predicted molar refractivity (Wildman–Crippen MR) is 88.3 cm³/mol. The van der Waals surface area contributed by atoms with E-state index in [0.29, 0.717) is 19.0 Å². The van der Waals surface area contributed by atoms with Gasteiger partial charge in [0.15, 0.2) is 0 Å². The van der Waals surface area contributed by atoms with Gasteiger partial charge in [0.05, 0.1) is 13.1 Å². The van der Waals surface area contributed by atoms with Crippen molar-refractivity contribution in [3.63, 3.8) is 0 Å². The van der Waals surface area contributed by atoms with Crippen LogP contribution in [0.15, 0.2) is 16.8 Å². The molecule has 6 nitrogen and oxygen atoms in total. The fraction of sp³-hybridized carbons (Fsp3) is 0.562. The van der Waals surface area contributed by atoms with E-state index in [-0.39, 0.29) is 5.91 Å². The highest BCUT2D eigenvalue weighted by Crippen LogP contribution is 2.39. The number of aromatic nitrogens is 3. The maximum absolute atomic E-state index is 12.1. The van der Waals surface area contributed by atoms with E-state index in [1.54, 1.807) is 11.3 Å². The maximum Gasteiger partial charge on any atom is 0.234 e. The van der Waals surface area contributed by atoms with Crippen molar-refractivity contribution in [2.45, 2.75) is 38.3 Å². The van der Waals surface area contributed by atoms with Crippen LogP contribution in [-0.2, 0) is 24.3 Å². The predicted octanol–water partition coefficient (Wildman–Crippen LogP) is 1.39. The molecule has 3 heterocycles. The second-order valence-corrected chi connectivity index (χ2v) is 7.12. The zero-order chi connectivity index (χ0) is 15.6. The fourth-order valence-corrected chi connectivity index (χ4v) is 3.75. The van der Waals surface area contributed by atoms with Crippen LogP contribution in [0.1, 0.15) is 36.0 Å². The molecule has 0 spiro atoms. The van der Waals surface area contributed by atoms with Crippen molar-refractivity contribution < 1.29 is 4.79 Å². The number of carbonyl (C=O) groups excluding carboxylic acids is 1. The van der Waals surface area contributed by atoms with Crippen molar-refractivity contribution in [3.05, 3.63) is 34.0 Å². The molecule has 7 heteroatoms. The Labute approximate surface area is 139 Å². The van der Waals surface area contributed by atoms with Crippen molar-refractivity contribution in [1.29, 1.82) is 0 Å². The summed E-state index contributed by atoms with van der Waals surface area (Å²) >= 11 is 1.69. The molecule has 1 aliphatic heterocycles. The smallest absolute Gasteiger partial charge is 0.234 e. The Hall–Kier alpha value is -1.73. The van der Waals surface area contributed by atoms with Crippen molar-refractivity contribution in [1.82, 2.24) is 25.0 Å². The molecule has 0 atom stereocenters. The second-order valence-electron chi connectivity index (χ2n) is 6.34. The van der Waals surface area contributed by atoms with Gasteiger partial charge < -0.3 is 9.88 Å². The van der Waals surface area contributed by atoms with Crippen molar-refractivity contribution in [3.8, 4) is 0 Å². The Balaban J connectivity index is 1.25. The van der Waals surface area contributed by atoms with E-state index < -0.39 is 0 Å². The molecule has 1 aliphatic carbocycles. The molecule has 122 valence electrons. The first-order chi connectivity index (χ1) is 11.3. The molecule has 0 aromatic carbocycles. The van der Waals surface area contributed by atoms with Crippen LogP contribution in [0, 0.1) is 0 Å². The third kappa shape index (κ3) is 3.45. The standard InChI is InChI=1S/C16H21N5OS/c22-15(17-5-3-12-4-8-23-11-12)10-20-6-7-21-14(9-20)18-19-16(21)13-1-2-13/h4,8,11,13H,1-3,5-7,9-10H2,(H,17,22). The van der Waals surface area contributed by atoms with Gasteiger partial charge in [-0.2, -0.15) is 11.3 Å². The van der Waals surface area contributed by atoms with Gasteiger partial charge in [0.1, 0.15) is 11.6 Å². The molecular formula is C16H21N5OS. The Morgan fingerprint density at radius 3 is 3.04 bits per heavy atom. The summed E-state index contributed by atoms with van der Waals surface area (Å²) in [4.78, 5) is 14.2. The highest BCUT2D eigenvalue weighted by molar-refractivity contribution is 7.07. The SMILES string of the molecule is O=C(CN1CCn2c(nnc2C2CC2)C1)NCCc1ccsc1. The van der Waals surface area contributed by atoms with Crippen LogP contribution >= 0.6 is 11.3 Å². The number of nitrogens with zero attached hydrogens (tertiary/aromatic N) is 4. The van der Waals surface area contributed by atoms with E-state index in [1.165, 1.54) is 18.4 Å². The van der Waals surface area contributed by atoms with E-state index in [4.69, 9.17) is 0 Å². The van der Waals surface area contributed by atoms with Gasteiger partial charge in [0.2, 0.25) is 5.91 Å². The first-order valence-corrected chi connectivity index (χ1v) is 9.16. The first kappa shape index (κ1) is 14.8. The number of hydrogen-bond donors (Lipinski definition) is 1. The van der Waals surface area contributed by atoms with Gasteiger partial charge in [0.25, 0.3) is 0 Å². The highest BCUT2D eigenvalue weighted by Gasteiger charge is 2.32. The number of hydrogen-bond acceptors (Lipinski definition) is 5. The van der Waals surface area contributed by atoms with Gasteiger partial charge >= 0.3 is 0 Å². The molecule has 2 aromatic rings. The van der Waals surface area contributed by atoms with Crippen molar-refractivity contribution in [2.24, 2.45) is 0 Å². The highest BCUT2D eigenvalue weighted by atomic mass is 32.1. The molecule has 4 rings (SSSR count). The minimum atomic E-state index is 0.0932. The third-order valence-corrected chi connectivity index (χ3v) is 5.22. The van der Waals surface area contributed by atoms with Crippen molar-refractivity contribution >= 4 is 17.2 Å². The van der Waals surface area contributed by atoms with E-state index in [1.807, 2.05) is 0 Å². The second kappa shape index (κ2) is 6.41. The van der Waals surface area contributed by atoms with E-state index in [2.05, 4.69) is 41.8 Å². The number of nitrogens with one attached hydrogen (secondary N) is 1. The lowest BCUT2D eigenvalue weighted by Crippen LogP contribution is -2.42. The summed E-state index contributed by atoms with van der Waals surface area (Å²) in [6.45, 7) is 3.65. The lowest BCUT2D eigenvalue weighted by molar-refractivity contribution is -0.122. The molecule has 1 N–H and O–H groups in total. The van der Waals surface area contributed by atoms with Crippen LogP contribution in [0.5, 0.6) is 0 Å². The van der Waals surface area contributed by atoms with Crippen LogP contribution in [0.2, 0.25) is 0 Å². The molecule has 1 fully saturated rings. The Kier molecular flexibility index (Phi) is 4.13. The summed E-state index contributed by atoms with van der Waals surface area (Å²) in [6, 6.07) is 2.10. The van der Waals surface area contributed by atoms with Gasteiger partial charge in [-0.1, -0.05) is 0 Å². The summed E-state index contributed by atoms with van der Waals surface area (Å²) in [6.07, 6.45) is 3.39. The molecular weight excluding hydrogens is 310 g/mol. The van der Waals surface area contributed by atoms with Gasteiger partial charge in [-0.05, 0) is 41.7 Å². The molecule has 1 amide bonds. The minimum absolute atomic E-state index is 0.0932. The Morgan fingerprint density at radius 1 is 1.35 bits per heavy atom. The molecule has 0 unspecified atom stereocenters. The van der Waals surface area contributed by atoms with E-state index in [0.717, 1.165) is 37.7 Å². The normalized spacial score (nSPS) is 17.9. The average molecular weight is 331 g/mol. The minimum Gasteiger partial charge on any atom is -0.355 e.